The topological polar surface area (TPSA) is 69.6 Å². The molecule has 0 aliphatic heterocycles. The third kappa shape index (κ3) is 9.39. The van der Waals surface area contributed by atoms with E-state index in [-0.39, 0.29) is 13.0 Å². The summed E-state index contributed by atoms with van der Waals surface area (Å²) in [5, 5.41) is 19.6. The monoisotopic (exact) mass is 161 g/mol. The molecule has 0 aliphatic carbocycles. The number of hydrogen-bond donors (Lipinski definition) is 3. The number of carboxylic acid groups (broad SMARTS) is 1. The lowest BCUT2D eigenvalue weighted by atomic mass is 10.2. The average molecular weight is 161 g/mol. The zero-order valence-electron chi connectivity index (χ0n) is 6.55. The molecule has 0 aromatic rings. The van der Waals surface area contributed by atoms with Crippen molar-refractivity contribution in [2.75, 3.05) is 19.7 Å². The van der Waals surface area contributed by atoms with Crippen molar-refractivity contribution in [1.82, 2.24) is 5.32 Å². The molecule has 0 atom stereocenters. The van der Waals surface area contributed by atoms with E-state index >= 15 is 0 Å². The number of aliphatic carboxylic acids is 1. The van der Waals surface area contributed by atoms with E-state index in [4.69, 9.17) is 10.2 Å². The highest BCUT2D eigenvalue weighted by atomic mass is 16.4. The Kier molecular flexibility index (Phi) is 7.08. The maximum Gasteiger partial charge on any atom is 0.303 e. The fourth-order valence-electron chi connectivity index (χ4n) is 0.730. The summed E-state index contributed by atoms with van der Waals surface area (Å²) in [6, 6.07) is 0. The highest BCUT2D eigenvalue weighted by Gasteiger charge is 1.94. The van der Waals surface area contributed by atoms with Gasteiger partial charge in [-0.3, -0.25) is 4.79 Å². The van der Waals surface area contributed by atoms with E-state index in [0.29, 0.717) is 13.0 Å². The molecule has 4 heteroatoms. The van der Waals surface area contributed by atoms with Gasteiger partial charge in [-0.05, 0) is 19.4 Å². The summed E-state index contributed by atoms with van der Waals surface area (Å²) in [6.07, 6.45) is 1.79. The molecule has 11 heavy (non-hydrogen) atoms. The van der Waals surface area contributed by atoms with E-state index in [1.165, 1.54) is 0 Å². The second-order valence-electron chi connectivity index (χ2n) is 2.32. The van der Waals surface area contributed by atoms with Gasteiger partial charge in [0.1, 0.15) is 0 Å². The third-order valence-electron chi connectivity index (χ3n) is 1.28. The fraction of sp³-hybridized carbons (Fsp3) is 0.857. The molecule has 0 amide bonds. The van der Waals surface area contributed by atoms with Crippen LogP contribution in [0.1, 0.15) is 19.3 Å². The number of unbranched alkanes of at least 4 members (excludes halogenated alkanes) is 1. The van der Waals surface area contributed by atoms with Gasteiger partial charge in [0, 0.05) is 13.0 Å². The maximum absolute atomic E-state index is 10.0. The molecule has 4 nitrogen and oxygen atoms in total. The molecule has 0 rings (SSSR count). The summed E-state index contributed by atoms with van der Waals surface area (Å²) >= 11 is 0. The zero-order valence-corrected chi connectivity index (χ0v) is 6.55. The van der Waals surface area contributed by atoms with E-state index in [0.717, 1.165) is 13.0 Å². The van der Waals surface area contributed by atoms with Crippen LogP contribution in [0.5, 0.6) is 0 Å². The number of aliphatic hydroxyl groups excluding tert-OH is 1. The van der Waals surface area contributed by atoms with Crippen molar-refractivity contribution in [3.8, 4) is 0 Å². The summed E-state index contributed by atoms with van der Waals surface area (Å²) in [6.45, 7) is 1.51. The summed E-state index contributed by atoms with van der Waals surface area (Å²) in [5.74, 6) is -0.743. The van der Waals surface area contributed by atoms with Crippen molar-refractivity contribution in [2.45, 2.75) is 19.3 Å². The van der Waals surface area contributed by atoms with Crippen LogP contribution in [0.15, 0.2) is 0 Å². The Labute approximate surface area is 66.2 Å². The molecule has 0 saturated carbocycles. The Bertz CT molecular complexity index is 106. The van der Waals surface area contributed by atoms with E-state index in [2.05, 4.69) is 5.32 Å². The standard InChI is InChI=1S/C7H15NO3/c9-6-5-8-4-2-1-3-7(10)11/h8-9H,1-6H2,(H,10,11). The van der Waals surface area contributed by atoms with Crippen molar-refractivity contribution in [3.05, 3.63) is 0 Å². The van der Waals surface area contributed by atoms with Crippen molar-refractivity contribution in [3.63, 3.8) is 0 Å². The summed E-state index contributed by atoms with van der Waals surface area (Å²) in [7, 11) is 0. The molecule has 0 fully saturated rings. The largest absolute Gasteiger partial charge is 0.481 e. The number of rotatable bonds is 7. The number of hydrogen-bond acceptors (Lipinski definition) is 3. The van der Waals surface area contributed by atoms with Gasteiger partial charge in [0.05, 0.1) is 6.61 Å². The van der Waals surface area contributed by atoms with Gasteiger partial charge in [0.25, 0.3) is 0 Å². The van der Waals surface area contributed by atoms with Crippen LogP contribution < -0.4 is 5.32 Å². The predicted octanol–water partition coefficient (Wildman–Crippen LogP) is -0.177. The molecule has 0 aliphatic rings. The lowest BCUT2D eigenvalue weighted by Gasteiger charge is -1.99. The van der Waals surface area contributed by atoms with Crippen LogP contribution in [0.25, 0.3) is 0 Å². The number of nitrogens with one attached hydrogen (secondary N) is 1. The molecule has 3 N–H and O–H groups in total. The highest BCUT2D eigenvalue weighted by molar-refractivity contribution is 5.66. The van der Waals surface area contributed by atoms with E-state index < -0.39 is 5.97 Å². The smallest absolute Gasteiger partial charge is 0.303 e. The van der Waals surface area contributed by atoms with Crippen LogP contribution in [0.2, 0.25) is 0 Å². The van der Waals surface area contributed by atoms with Gasteiger partial charge in [0.15, 0.2) is 0 Å². The van der Waals surface area contributed by atoms with Gasteiger partial charge in [-0.1, -0.05) is 0 Å². The molecule has 66 valence electrons. The minimum absolute atomic E-state index is 0.138. The van der Waals surface area contributed by atoms with Gasteiger partial charge in [0.2, 0.25) is 0 Å². The van der Waals surface area contributed by atoms with Crippen molar-refractivity contribution < 1.29 is 15.0 Å². The Morgan fingerprint density at radius 1 is 1.27 bits per heavy atom. The van der Waals surface area contributed by atoms with Crippen molar-refractivity contribution in [2.24, 2.45) is 0 Å². The van der Waals surface area contributed by atoms with Crippen molar-refractivity contribution >= 4 is 5.97 Å². The van der Waals surface area contributed by atoms with E-state index in [1.807, 2.05) is 0 Å². The van der Waals surface area contributed by atoms with Crippen LogP contribution in [-0.4, -0.2) is 35.9 Å². The van der Waals surface area contributed by atoms with Gasteiger partial charge >= 0.3 is 5.97 Å². The normalized spacial score (nSPS) is 9.91. The summed E-state index contributed by atoms with van der Waals surface area (Å²) < 4.78 is 0. The lowest BCUT2D eigenvalue weighted by molar-refractivity contribution is -0.137. The predicted molar refractivity (Wildman–Crippen MR) is 41.4 cm³/mol. The first-order chi connectivity index (χ1) is 5.27. The zero-order chi connectivity index (χ0) is 8.53. The molecule has 0 unspecified atom stereocenters. The van der Waals surface area contributed by atoms with Crippen molar-refractivity contribution in [1.29, 1.82) is 0 Å². The molecular formula is C7H15NO3. The molecule has 0 bridgehead atoms. The third-order valence-corrected chi connectivity index (χ3v) is 1.28. The maximum atomic E-state index is 10.0. The molecule has 0 aromatic carbocycles. The minimum atomic E-state index is -0.743. The summed E-state index contributed by atoms with van der Waals surface area (Å²) in [4.78, 5) is 10.0. The molecular weight excluding hydrogens is 146 g/mol. The van der Waals surface area contributed by atoms with Gasteiger partial charge in [-0.25, -0.2) is 0 Å². The number of carboxylic acids is 1. The highest BCUT2D eigenvalue weighted by Crippen LogP contribution is 1.92. The molecule has 0 heterocycles. The summed E-state index contributed by atoms with van der Waals surface area (Å²) in [5.41, 5.74) is 0. The van der Waals surface area contributed by atoms with E-state index in [1.54, 1.807) is 0 Å². The number of carbonyl (C=O) groups is 1. The van der Waals surface area contributed by atoms with E-state index in [9.17, 15) is 4.79 Å². The molecule has 0 spiro atoms. The first kappa shape index (κ1) is 10.4. The van der Waals surface area contributed by atoms with Gasteiger partial charge in [-0.2, -0.15) is 0 Å². The first-order valence-electron chi connectivity index (χ1n) is 3.80. The second-order valence-corrected chi connectivity index (χ2v) is 2.32. The lowest BCUT2D eigenvalue weighted by Crippen LogP contribution is -2.19. The van der Waals surface area contributed by atoms with Crippen LogP contribution >= 0.6 is 0 Å². The number of aliphatic hydroxyl groups is 1. The fourth-order valence-corrected chi connectivity index (χ4v) is 0.730. The average Bonchev–Trinajstić information content (AvgIpc) is 1.96. The van der Waals surface area contributed by atoms with Crippen LogP contribution in [0.4, 0.5) is 0 Å². The Balaban J connectivity index is 2.85. The Hall–Kier alpha value is -0.610. The molecule has 0 radical (unpaired) electrons. The van der Waals surface area contributed by atoms with Gasteiger partial charge in [-0.15, -0.1) is 0 Å². The molecule has 0 saturated heterocycles. The SMILES string of the molecule is O=C(O)CCCCNCCO. The van der Waals surface area contributed by atoms with Crippen LogP contribution in [0, 0.1) is 0 Å². The van der Waals surface area contributed by atoms with Crippen LogP contribution in [0.3, 0.4) is 0 Å². The van der Waals surface area contributed by atoms with Gasteiger partial charge < -0.3 is 15.5 Å². The first-order valence-corrected chi connectivity index (χ1v) is 3.80. The minimum Gasteiger partial charge on any atom is -0.481 e. The quantitative estimate of drug-likeness (QED) is 0.453. The van der Waals surface area contributed by atoms with Crippen LogP contribution in [-0.2, 0) is 4.79 Å². The Morgan fingerprint density at radius 3 is 2.55 bits per heavy atom. The Morgan fingerprint density at radius 2 is 2.00 bits per heavy atom. The second kappa shape index (κ2) is 7.50. The molecule has 0 aromatic heterocycles.